The molecule has 1 fully saturated rings. The van der Waals surface area contributed by atoms with Crippen LogP contribution >= 0.6 is 0 Å². The van der Waals surface area contributed by atoms with Gasteiger partial charge in [0.05, 0.1) is 0 Å². The lowest BCUT2D eigenvalue weighted by atomic mass is 9.96. The second kappa shape index (κ2) is 2.54. The summed E-state index contributed by atoms with van der Waals surface area (Å²) in [5.74, 6) is -1.11. The molecule has 1 aromatic rings. The highest BCUT2D eigenvalue weighted by atomic mass is 19.1. The predicted octanol–water partition coefficient (Wildman–Crippen LogP) is 2.55. The van der Waals surface area contributed by atoms with Crippen molar-refractivity contribution in [2.24, 2.45) is 11.1 Å². The summed E-state index contributed by atoms with van der Waals surface area (Å²) in [7, 11) is 0. The van der Waals surface area contributed by atoms with E-state index in [0.717, 1.165) is 12.5 Å². The van der Waals surface area contributed by atoms with E-state index in [4.69, 9.17) is 5.73 Å². The zero-order valence-electron chi connectivity index (χ0n) is 8.27. The third-order valence-electron chi connectivity index (χ3n) is 3.22. The van der Waals surface area contributed by atoms with Crippen molar-refractivity contribution in [2.75, 3.05) is 0 Å². The number of nitrogens with two attached hydrogens (primary N) is 1. The van der Waals surface area contributed by atoms with Gasteiger partial charge in [-0.15, -0.1) is 0 Å². The maximum absolute atomic E-state index is 13.4. The van der Waals surface area contributed by atoms with Crippen molar-refractivity contribution >= 4 is 0 Å². The summed E-state index contributed by atoms with van der Waals surface area (Å²) < 4.78 is 26.1. The molecule has 76 valence electrons. The van der Waals surface area contributed by atoms with Gasteiger partial charge in [0.15, 0.2) is 0 Å². The molecule has 1 unspecified atom stereocenters. The Morgan fingerprint density at radius 1 is 1.29 bits per heavy atom. The molecule has 0 heterocycles. The number of benzene rings is 1. The molecule has 0 amide bonds. The van der Waals surface area contributed by atoms with Crippen LogP contribution in [0.15, 0.2) is 18.2 Å². The van der Waals surface area contributed by atoms with E-state index in [9.17, 15) is 8.78 Å². The Labute approximate surface area is 81.9 Å². The van der Waals surface area contributed by atoms with E-state index in [1.54, 1.807) is 0 Å². The molecule has 0 saturated heterocycles. The van der Waals surface area contributed by atoms with Gasteiger partial charge in [-0.05, 0) is 17.9 Å². The van der Waals surface area contributed by atoms with Crippen molar-refractivity contribution < 1.29 is 8.78 Å². The number of rotatable bonds is 1. The van der Waals surface area contributed by atoms with Crippen LogP contribution in [0.3, 0.4) is 0 Å². The molecule has 1 aliphatic rings. The van der Waals surface area contributed by atoms with Gasteiger partial charge in [-0.1, -0.05) is 19.9 Å². The van der Waals surface area contributed by atoms with Gasteiger partial charge in [-0.25, -0.2) is 8.78 Å². The minimum atomic E-state index is -0.620. The van der Waals surface area contributed by atoms with Crippen LogP contribution in [0.4, 0.5) is 8.78 Å². The van der Waals surface area contributed by atoms with Gasteiger partial charge in [-0.2, -0.15) is 0 Å². The van der Waals surface area contributed by atoms with Crippen LogP contribution in [0.5, 0.6) is 0 Å². The lowest BCUT2D eigenvalue weighted by molar-refractivity contribution is 0.478. The third kappa shape index (κ3) is 1.16. The number of halogens is 2. The summed E-state index contributed by atoms with van der Waals surface area (Å²) >= 11 is 0. The summed E-state index contributed by atoms with van der Waals surface area (Å²) in [6.45, 7) is 3.96. The molecular formula is C11H13F2N. The molecule has 1 aliphatic carbocycles. The zero-order chi connectivity index (χ0) is 10.6. The van der Waals surface area contributed by atoms with Crippen LogP contribution in [-0.2, 0) is 5.54 Å². The van der Waals surface area contributed by atoms with Crippen LogP contribution in [0.1, 0.15) is 25.8 Å². The molecule has 0 radical (unpaired) electrons. The highest BCUT2D eigenvalue weighted by Crippen LogP contribution is 2.60. The molecule has 2 rings (SSSR count). The largest absolute Gasteiger partial charge is 0.321 e. The van der Waals surface area contributed by atoms with Crippen LogP contribution < -0.4 is 5.73 Å². The summed E-state index contributed by atoms with van der Waals surface area (Å²) in [5, 5.41) is 0. The Morgan fingerprint density at radius 2 is 1.86 bits per heavy atom. The average Bonchev–Trinajstić information content (AvgIpc) is 2.50. The smallest absolute Gasteiger partial charge is 0.131 e. The number of hydrogen-bond donors (Lipinski definition) is 1. The van der Waals surface area contributed by atoms with Crippen molar-refractivity contribution in [3.8, 4) is 0 Å². The fraction of sp³-hybridized carbons (Fsp3) is 0.455. The first-order valence-corrected chi connectivity index (χ1v) is 4.61. The first-order valence-electron chi connectivity index (χ1n) is 4.61. The Hall–Kier alpha value is -0.960. The second-order valence-corrected chi connectivity index (χ2v) is 4.66. The molecule has 0 spiro atoms. The highest BCUT2D eigenvalue weighted by molar-refractivity contribution is 5.36. The van der Waals surface area contributed by atoms with Crippen molar-refractivity contribution in [3.63, 3.8) is 0 Å². The quantitative estimate of drug-likeness (QED) is 0.735. The topological polar surface area (TPSA) is 26.0 Å². The summed E-state index contributed by atoms with van der Waals surface area (Å²) in [4.78, 5) is 0. The summed E-state index contributed by atoms with van der Waals surface area (Å²) in [6, 6.07) is 3.58. The molecule has 0 aromatic heterocycles. The van der Waals surface area contributed by atoms with E-state index in [0.29, 0.717) is 5.56 Å². The summed E-state index contributed by atoms with van der Waals surface area (Å²) in [5.41, 5.74) is 5.74. The van der Waals surface area contributed by atoms with Crippen molar-refractivity contribution in [3.05, 3.63) is 35.4 Å². The highest BCUT2D eigenvalue weighted by Gasteiger charge is 2.60. The molecule has 1 saturated carbocycles. The minimum Gasteiger partial charge on any atom is -0.321 e. The van der Waals surface area contributed by atoms with Gasteiger partial charge < -0.3 is 5.73 Å². The fourth-order valence-electron chi connectivity index (χ4n) is 1.96. The van der Waals surface area contributed by atoms with Crippen LogP contribution in [0.2, 0.25) is 0 Å². The first-order chi connectivity index (χ1) is 6.37. The maximum atomic E-state index is 13.4. The summed E-state index contributed by atoms with van der Waals surface area (Å²) in [6.07, 6.45) is 0.739. The van der Waals surface area contributed by atoms with Crippen LogP contribution in [0.25, 0.3) is 0 Å². The lowest BCUT2D eigenvalue weighted by Crippen LogP contribution is -2.26. The van der Waals surface area contributed by atoms with Gasteiger partial charge >= 0.3 is 0 Å². The molecular weight excluding hydrogens is 184 g/mol. The van der Waals surface area contributed by atoms with Crippen molar-refractivity contribution in [1.82, 2.24) is 0 Å². The third-order valence-corrected chi connectivity index (χ3v) is 3.22. The molecule has 0 bridgehead atoms. The molecule has 3 heteroatoms. The Morgan fingerprint density at radius 3 is 2.29 bits per heavy atom. The molecule has 2 N–H and O–H groups in total. The van der Waals surface area contributed by atoms with Crippen molar-refractivity contribution in [2.45, 2.75) is 25.8 Å². The van der Waals surface area contributed by atoms with E-state index < -0.39 is 17.2 Å². The van der Waals surface area contributed by atoms with E-state index in [-0.39, 0.29) is 5.41 Å². The average molecular weight is 197 g/mol. The zero-order valence-corrected chi connectivity index (χ0v) is 8.27. The van der Waals surface area contributed by atoms with E-state index in [2.05, 4.69) is 0 Å². The molecule has 1 atom stereocenters. The Kier molecular flexibility index (Phi) is 1.74. The monoisotopic (exact) mass is 197 g/mol. The van der Waals surface area contributed by atoms with E-state index in [1.807, 2.05) is 13.8 Å². The van der Waals surface area contributed by atoms with Gasteiger partial charge in [0, 0.05) is 17.2 Å². The first kappa shape index (κ1) is 9.59. The second-order valence-electron chi connectivity index (χ2n) is 4.66. The van der Waals surface area contributed by atoms with Gasteiger partial charge in [0.2, 0.25) is 0 Å². The van der Waals surface area contributed by atoms with E-state index >= 15 is 0 Å². The van der Waals surface area contributed by atoms with Crippen LogP contribution in [0, 0.1) is 17.0 Å². The SMILES string of the molecule is CC1(C)CC1(N)c1ccc(F)cc1F. The maximum Gasteiger partial charge on any atom is 0.131 e. The molecule has 14 heavy (non-hydrogen) atoms. The lowest BCUT2D eigenvalue weighted by Gasteiger charge is -2.16. The van der Waals surface area contributed by atoms with E-state index in [1.165, 1.54) is 12.1 Å². The molecule has 0 aliphatic heterocycles. The molecule has 1 aromatic carbocycles. The normalized spacial score (nSPS) is 28.9. The standard InChI is InChI=1S/C11H13F2N/c1-10(2)6-11(10,14)8-4-3-7(12)5-9(8)13/h3-5H,6,14H2,1-2H3. The Balaban J connectivity index is 2.45. The minimum absolute atomic E-state index is 0.0916. The molecule has 1 nitrogen and oxygen atoms in total. The van der Waals surface area contributed by atoms with Crippen LogP contribution in [-0.4, -0.2) is 0 Å². The number of hydrogen-bond acceptors (Lipinski definition) is 1. The Bertz CT molecular complexity index is 387. The van der Waals surface area contributed by atoms with Gasteiger partial charge in [-0.3, -0.25) is 0 Å². The van der Waals surface area contributed by atoms with Crippen molar-refractivity contribution in [1.29, 1.82) is 0 Å². The van der Waals surface area contributed by atoms with Gasteiger partial charge in [0.25, 0.3) is 0 Å². The van der Waals surface area contributed by atoms with Gasteiger partial charge in [0.1, 0.15) is 11.6 Å². The fourth-order valence-corrected chi connectivity index (χ4v) is 1.96. The predicted molar refractivity (Wildman–Crippen MR) is 50.6 cm³/mol.